The van der Waals surface area contributed by atoms with Gasteiger partial charge < -0.3 is 10.2 Å². The first-order chi connectivity index (χ1) is 13.2. The Morgan fingerprint density at radius 2 is 1.79 bits per heavy atom. The van der Waals surface area contributed by atoms with Gasteiger partial charge in [-0.25, -0.2) is 0 Å². The predicted molar refractivity (Wildman–Crippen MR) is 122 cm³/mol. The molecule has 7 heteroatoms. The van der Waals surface area contributed by atoms with Crippen LogP contribution in [0.25, 0.3) is 6.08 Å². The molecule has 1 aromatic rings. The predicted octanol–water partition coefficient (Wildman–Crippen LogP) is 5.05. The number of aliphatic carboxylic acids is 1. The molecule has 2 N–H and O–H groups in total. The molecule has 1 heterocycles. The number of rotatable bonds is 5. The van der Waals surface area contributed by atoms with Crippen LogP contribution in [0.4, 0.5) is 0 Å². The van der Waals surface area contributed by atoms with Crippen LogP contribution in [0, 0.1) is 0 Å². The fourth-order valence-corrected chi connectivity index (χ4v) is 4.29. The van der Waals surface area contributed by atoms with Gasteiger partial charge in [0.1, 0.15) is 10.1 Å². The summed E-state index contributed by atoms with van der Waals surface area (Å²) in [6, 6.07) is 3.95. The van der Waals surface area contributed by atoms with Crippen molar-refractivity contribution in [3.05, 3.63) is 33.7 Å². The van der Waals surface area contributed by atoms with Gasteiger partial charge in [0.25, 0.3) is 5.91 Å². The lowest BCUT2D eigenvalue weighted by molar-refractivity contribution is -0.137. The number of carboxylic acids is 1. The highest BCUT2D eigenvalue weighted by molar-refractivity contribution is 8.26. The number of thioether (sulfide) groups is 1. The van der Waals surface area contributed by atoms with Crippen molar-refractivity contribution in [1.29, 1.82) is 0 Å². The summed E-state index contributed by atoms with van der Waals surface area (Å²) < 4.78 is 0.411. The SMILES string of the molecule is CC(C)(C)c1cc(/C=C2\SC(=S)N(CCCC(=O)O)C2=O)c(O)c(C(C)(C)C)c1. The van der Waals surface area contributed by atoms with Crippen molar-refractivity contribution >= 4 is 46.3 Å². The third-order valence-corrected chi connectivity index (χ3v) is 6.12. The molecule has 0 aromatic heterocycles. The molecule has 0 spiro atoms. The van der Waals surface area contributed by atoms with Crippen LogP contribution < -0.4 is 0 Å². The molecule has 1 amide bonds. The Balaban J connectivity index is 2.44. The van der Waals surface area contributed by atoms with Gasteiger partial charge in [-0.3, -0.25) is 14.5 Å². The van der Waals surface area contributed by atoms with E-state index in [0.29, 0.717) is 21.2 Å². The second-order valence-electron chi connectivity index (χ2n) is 9.29. The molecule has 1 aromatic carbocycles. The Bertz CT molecular complexity index is 876. The fourth-order valence-electron chi connectivity index (χ4n) is 2.99. The van der Waals surface area contributed by atoms with Crippen LogP contribution in [0.3, 0.4) is 0 Å². The lowest BCUT2D eigenvalue weighted by Crippen LogP contribution is -2.29. The number of phenols is 1. The van der Waals surface area contributed by atoms with Gasteiger partial charge >= 0.3 is 5.97 Å². The van der Waals surface area contributed by atoms with Crippen LogP contribution >= 0.6 is 24.0 Å². The number of benzene rings is 1. The van der Waals surface area contributed by atoms with E-state index < -0.39 is 5.97 Å². The third-order valence-electron chi connectivity index (χ3n) is 4.75. The van der Waals surface area contributed by atoms with E-state index in [-0.39, 0.29) is 35.5 Å². The quantitative estimate of drug-likeness (QED) is 0.498. The number of carbonyl (C=O) groups excluding carboxylic acids is 1. The van der Waals surface area contributed by atoms with Crippen LogP contribution in [0.1, 0.15) is 71.1 Å². The van der Waals surface area contributed by atoms with Gasteiger partial charge in [-0.1, -0.05) is 71.6 Å². The summed E-state index contributed by atoms with van der Waals surface area (Å²) in [5, 5.41) is 19.7. The van der Waals surface area contributed by atoms with Crippen molar-refractivity contribution in [1.82, 2.24) is 4.90 Å². The lowest BCUT2D eigenvalue weighted by Gasteiger charge is -2.27. The summed E-state index contributed by atoms with van der Waals surface area (Å²) in [4.78, 5) is 25.4. The highest BCUT2D eigenvalue weighted by Crippen LogP contribution is 2.40. The maximum atomic E-state index is 12.8. The van der Waals surface area contributed by atoms with Crippen molar-refractivity contribution < 1.29 is 19.8 Å². The van der Waals surface area contributed by atoms with Gasteiger partial charge in [0.05, 0.1) is 4.91 Å². The normalized spacial score (nSPS) is 16.8. The molecule has 29 heavy (non-hydrogen) atoms. The lowest BCUT2D eigenvalue weighted by atomic mass is 9.79. The second-order valence-corrected chi connectivity index (χ2v) is 11.0. The maximum absolute atomic E-state index is 12.8. The van der Waals surface area contributed by atoms with Crippen molar-refractivity contribution in [2.24, 2.45) is 0 Å². The van der Waals surface area contributed by atoms with Gasteiger partial charge in [-0.05, 0) is 35.0 Å². The zero-order valence-corrected chi connectivity index (χ0v) is 19.5. The zero-order valence-electron chi connectivity index (χ0n) is 17.8. The Morgan fingerprint density at radius 1 is 1.17 bits per heavy atom. The molecule has 2 rings (SSSR count). The minimum absolute atomic E-state index is 0.0144. The van der Waals surface area contributed by atoms with Crippen LogP contribution in [-0.4, -0.2) is 37.9 Å². The Labute approximate surface area is 182 Å². The van der Waals surface area contributed by atoms with Gasteiger partial charge in [0.15, 0.2) is 0 Å². The number of amides is 1. The van der Waals surface area contributed by atoms with Crippen LogP contribution in [-0.2, 0) is 20.4 Å². The zero-order chi connectivity index (χ0) is 22.1. The molecule has 1 aliphatic heterocycles. The highest BCUT2D eigenvalue weighted by atomic mass is 32.2. The number of aromatic hydroxyl groups is 1. The van der Waals surface area contributed by atoms with Gasteiger partial charge in [0, 0.05) is 24.1 Å². The standard InChI is InChI=1S/C22H29NO4S2/c1-21(2,3)14-10-13(18(26)15(12-14)22(4,5)6)11-16-19(27)23(20(28)29-16)9-7-8-17(24)25/h10-12,26H,7-9H2,1-6H3,(H,24,25)/b16-11-. The summed E-state index contributed by atoms with van der Waals surface area (Å²) in [5.41, 5.74) is 2.11. The first-order valence-electron chi connectivity index (χ1n) is 9.57. The summed E-state index contributed by atoms with van der Waals surface area (Å²) in [6.07, 6.45) is 2.02. The third kappa shape index (κ3) is 5.60. The smallest absolute Gasteiger partial charge is 0.303 e. The fraction of sp³-hybridized carbons (Fsp3) is 0.500. The highest BCUT2D eigenvalue weighted by Gasteiger charge is 2.32. The topological polar surface area (TPSA) is 77.8 Å². The molecule has 1 saturated heterocycles. The second kappa shape index (κ2) is 8.48. The number of phenolic OH excluding ortho intramolecular Hbond substituents is 1. The van der Waals surface area contributed by atoms with Crippen molar-refractivity contribution in [2.45, 2.75) is 65.2 Å². The molecule has 0 atom stereocenters. The molecule has 1 aliphatic rings. The molecule has 158 valence electrons. The molecule has 1 fully saturated rings. The number of hydrogen-bond donors (Lipinski definition) is 2. The minimum Gasteiger partial charge on any atom is -0.507 e. The molecule has 0 bridgehead atoms. The van der Waals surface area contributed by atoms with Gasteiger partial charge in [-0.2, -0.15) is 0 Å². The monoisotopic (exact) mass is 435 g/mol. The first kappa shape index (κ1) is 23.4. The van der Waals surface area contributed by atoms with Crippen LogP contribution in [0.15, 0.2) is 17.0 Å². The van der Waals surface area contributed by atoms with E-state index in [1.807, 2.05) is 32.9 Å². The molecule has 0 saturated carbocycles. The van der Waals surface area contributed by atoms with E-state index in [4.69, 9.17) is 17.3 Å². The van der Waals surface area contributed by atoms with Crippen LogP contribution in [0.2, 0.25) is 0 Å². The molecule has 5 nitrogen and oxygen atoms in total. The van der Waals surface area contributed by atoms with Crippen molar-refractivity contribution in [3.8, 4) is 5.75 Å². The summed E-state index contributed by atoms with van der Waals surface area (Å²) in [6.45, 7) is 12.7. The molecular formula is C22H29NO4S2. The van der Waals surface area contributed by atoms with E-state index in [9.17, 15) is 14.7 Å². The number of hydrogen-bond acceptors (Lipinski definition) is 5. The van der Waals surface area contributed by atoms with E-state index in [2.05, 4.69) is 20.8 Å². The van der Waals surface area contributed by atoms with E-state index in [0.717, 1.165) is 11.1 Å². The Kier molecular flexibility index (Phi) is 6.85. The van der Waals surface area contributed by atoms with Crippen molar-refractivity contribution in [3.63, 3.8) is 0 Å². The summed E-state index contributed by atoms with van der Waals surface area (Å²) in [7, 11) is 0. The van der Waals surface area contributed by atoms with Gasteiger partial charge in [0.2, 0.25) is 0 Å². The van der Waals surface area contributed by atoms with Gasteiger partial charge in [-0.15, -0.1) is 0 Å². The molecule has 0 radical (unpaired) electrons. The number of carbonyl (C=O) groups is 2. The Morgan fingerprint density at radius 3 is 2.31 bits per heavy atom. The number of nitrogens with zero attached hydrogens (tertiary/aromatic N) is 1. The number of carboxylic acid groups (broad SMARTS) is 1. The van der Waals surface area contributed by atoms with E-state index >= 15 is 0 Å². The van der Waals surface area contributed by atoms with E-state index in [1.54, 1.807) is 6.08 Å². The summed E-state index contributed by atoms with van der Waals surface area (Å²) >= 11 is 6.49. The summed E-state index contributed by atoms with van der Waals surface area (Å²) in [5.74, 6) is -0.977. The molecule has 0 aliphatic carbocycles. The number of thiocarbonyl (C=S) groups is 1. The minimum atomic E-state index is -0.899. The first-order valence-corrected chi connectivity index (χ1v) is 10.8. The van der Waals surface area contributed by atoms with Crippen molar-refractivity contribution in [2.75, 3.05) is 6.54 Å². The van der Waals surface area contributed by atoms with Crippen LogP contribution in [0.5, 0.6) is 5.75 Å². The maximum Gasteiger partial charge on any atom is 0.303 e. The van der Waals surface area contributed by atoms with E-state index in [1.165, 1.54) is 16.7 Å². The average molecular weight is 436 g/mol. The Hall–Kier alpha value is -1.86. The largest absolute Gasteiger partial charge is 0.507 e. The average Bonchev–Trinajstić information content (AvgIpc) is 2.81. The molecular weight excluding hydrogens is 406 g/mol. The molecule has 0 unspecified atom stereocenters.